The molecule has 2 aromatic rings. The number of amides is 4. The highest BCUT2D eigenvalue weighted by atomic mass is 16.2. The van der Waals surface area contributed by atoms with Crippen molar-refractivity contribution >= 4 is 35.0 Å². The highest BCUT2D eigenvalue weighted by molar-refractivity contribution is 6.05. The molecule has 2 saturated heterocycles. The Labute approximate surface area is 203 Å². The van der Waals surface area contributed by atoms with Gasteiger partial charge in [0.1, 0.15) is 0 Å². The highest BCUT2D eigenvalue weighted by Gasteiger charge is 2.42. The van der Waals surface area contributed by atoms with Crippen molar-refractivity contribution in [3.05, 3.63) is 72.3 Å². The molecule has 2 atom stereocenters. The second-order valence-electron chi connectivity index (χ2n) is 9.28. The summed E-state index contributed by atoms with van der Waals surface area (Å²) in [5, 5.41) is 4.22. The minimum Gasteiger partial charge on any atom is -0.339 e. The number of likely N-dealkylation sites (tertiary alicyclic amines) is 1. The van der Waals surface area contributed by atoms with Gasteiger partial charge in [0, 0.05) is 30.3 Å². The van der Waals surface area contributed by atoms with Gasteiger partial charge in [-0.25, -0.2) is 5.01 Å². The monoisotopic (exact) mass is 472 g/mol. The van der Waals surface area contributed by atoms with Gasteiger partial charge in [-0.05, 0) is 56.0 Å². The third-order valence-corrected chi connectivity index (χ3v) is 7.07. The molecule has 0 spiro atoms. The van der Waals surface area contributed by atoms with E-state index in [1.807, 2.05) is 42.5 Å². The van der Waals surface area contributed by atoms with E-state index in [4.69, 9.17) is 0 Å². The molecule has 2 unspecified atom stereocenters. The van der Waals surface area contributed by atoms with Crippen molar-refractivity contribution in [1.29, 1.82) is 0 Å². The van der Waals surface area contributed by atoms with Crippen LogP contribution < -0.4 is 15.8 Å². The van der Waals surface area contributed by atoms with E-state index in [0.717, 1.165) is 5.69 Å². The predicted octanol–water partition coefficient (Wildman–Crippen LogP) is 3.14. The van der Waals surface area contributed by atoms with Crippen LogP contribution in [0.25, 0.3) is 0 Å². The molecule has 1 aliphatic carbocycles. The zero-order valence-electron chi connectivity index (χ0n) is 19.4. The van der Waals surface area contributed by atoms with Crippen molar-refractivity contribution in [3.63, 3.8) is 0 Å². The number of fused-ring (bicyclic) bond motifs is 1. The third-order valence-electron chi connectivity index (χ3n) is 7.07. The minimum atomic E-state index is -0.380. The maximum absolute atomic E-state index is 13.2. The largest absolute Gasteiger partial charge is 0.339 e. The number of hydrazine groups is 1. The van der Waals surface area contributed by atoms with Crippen LogP contribution in [0.2, 0.25) is 0 Å². The van der Waals surface area contributed by atoms with Gasteiger partial charge in [-0.3, -0.25) is 24.6 Å². The number of carbonyl (C=O) groups excluding carboxylic acids is 4. The van der Waals surface area contributed by atoms with Crippen LogP contribution in [0.4, 0.5) is 11.4 Å². The SMILES string of the molecule is O=C(Nc1ccccc1)C1CCN(C(=O)c2cccc(N3NC(=O)C4CC=CCC4C3=O)c2)CC1. The number of allylic oxidation sites excluding steroid dienone is 2. The number of benzene rings is 2. The smallest absolute Gasteiger partial charge is 0.253 e. The molecular formula is C27H28N4O4. The Bertz CT molecular complexity index is 1170. The molecule has 2 heterocycles. The molecule has 5 rings (SSSR count). The maximum Gasteiger partial charge on any atom is 0.253 e. The summed E-state index contributed by atoms with van der Waals surface area (Å²) in [6, 6.07) is 16.1. The Balaban J connectivity index is 1.23. The van der Waals surface area contributed by atoms with Crippen LogP contribution in [0.15, 0.2) is 66.7 Å². The van der Waals surface area contributed by atoms with Crippen molar-refractivity contribution in [2.75, 3.05) is 23.4 Å². The van der Waals surface area contributed by atoms with Crippen LogP contribution in [-0.4, -0.2) is 41.6 Å². The van der Waals surface area contributed by atoms with Crippen molar-refractivity contribution in [2.24, 2.45) is 17.8 Å². The van der Waals surface area contributed by atoms with Crippen LogP contribution >= 0.6 is 0 Å². The highest BCUT2D eigenvalue weighted by Crippen LogP contribution is 2.32. The van der Waals surface area contributed by atoms with E-state index in [-0.39, 0.29) is 41.4 Å². The van der Waals surface area contributed by atoms with Gasteiger partial charge in [0.25, 0.3) is 5.91 Å². The van der Waals surface area contributed by atoms with Crippen molar-refractivity contribution in [3.8, 4) is 0 Å². The molecule has 0 saturated carbocycles. The average molecular weight is 473 g/mol. The number of anilines is 2. The first-order chi connectivity index (χ1) is 17.0. The molecule has 8 nitrogen and oxygen atoms in total. The van der Waals surface area contributed by atoms with E-state index < -0.39 is 0 Å². The van der Waals surface area contributed by atoms with E-state index in [1.54, 1.807) is 29.2 Å². The van der Waals surface area contributed by atoms with E-state index in [2.05, 4.69) is 10.7 Å². The van der Waals surface area contributed by atoms with Gasteiger partial charge in [0.2, 0.25) is 17.7 Å². The molecule has 35 heavy (non-hydrogen) atoms. The second-order valence-corrected chi connectivity index (χ2v) is 9.28. The molecular weight excluding hydrogens is 444 g/mol. The summed E-state index contributed by atoms with van der Waals surface area (Å²) < 4.78 is 0. The fraction of sp³-hybridized carbons (Fsp3) is 0.333. The topological polar surface area (TPSA) is 98.8 Å². The molecule has 2 aromatic carbocycles. The van der Waals surface area contributed by atoms with Gasteiger partial charge in [-0.15, -0.1) is 0 Å². The number of nitrogens with one attached hydrogen (secondary N) is 2. The van der Waals surface area contributed by atoms with Crippen LogP contribution in [-0.2, 0) is 14.4 Å². The second kappa shape index (κ2) is 9.74. The van der Waals surface area contributed by atoms with Crippen LogP contribution in [0.3, 0.4) is 0 Å². The lowest BCUT2D eigenvalue weighted by atomic mass is 9.80. The number of nitrogens with zero attached hydrogens (tertiary/aromatic N) is 2. The predicted molar refractivity (Wildman–Crippen MR) is 131 cm³/mol. The number of carbonyl (C=O) groups is 4. The summed E-state index contributed by atoms with van der Waals surface area (Å²) in [5.74, 6) is -1.38. The van der Waals surface area contributed by atoms with Crippen molar-refractivity contribution in [1.82, 2.24) is 10.3 Å². The maximum atomic E-state index is 13.2. The Kier molecular flexibility index (Phi) is 6.35. The Hall–Kier alpha value is -3.94. The molecule has 4 amide bonds. The van der Waals surface area contributed by atoms with E-state index >= 15 is 0 Å². The zero-order chi connectivity index (χ0) is 24.4. The van der Waals surface area contributed by atoms with Gasteiger partial charge in [-0.2, -0.15) is 0 Å². The molecule has 0 bridgehead atoms. The van der Waals surface area contributed by atoms with Crippen LogP contribution in [0, 0.1) is 17.8 Å². The Morgan fingerprint density at radius 1 is 0.886 bits per heavy atom. The zero-order valence-corrected chi connectivity index (χ0v) is 19.4. The fourth-order valence-electron chi connectivity index (χ4n) is 5.05. The van der Waals surface area contributed by atoms with E-state index in [9.17, 15) is 19.2 Å². The third kappa shape index (κ3) is 4.69. The number of piperidine rings is 1. The fourth-order valence-corrected chi connectivity index (χ4v) is 5.05. The first-order valence-electron chi connectivity index (χ1n) is 12.1. The first kappa shape index (κ1) is 22.8. The normalized spacial score (nSPS) is 22.4. The van der Waals surface area contributed by atoms with Gasteiger partial charge in [0.15, 0.2) is 0 Å². The standard InChI is InChI=1S/C27H28N4O4/c32-24(28-20-8-2-1-3-9-20)18-13-15-30(16-14-18)26(34)19-7-6-10-21(17-19)31-27(35)23-12-5-4-11-22(23)25(33)29-31/h1-10,17-18,22-23H,11-16H2,(H,28,32)(H,29,33). The molecule has 2 fully saturated rings. The average Bonchev–Trinajstić information content (AvgIpc) is 2.91. The summed E-state index contributed by atoms with van der Waals surface area (Å²) >= 11 is 0. The minimum absolute atomic E-state index is 0.0273. The number of rotatable bonds is 4. The van der Waals surface area contributed by atoms with Crippen molar-refractivity contribution in [2.45, 2.75) is 25.7 Å². The number of para-hydroxylation sites is 1. The van der Waals surface area contributed by atoms with Gasteiger partial charge >= 0.3 is 0 Å². The molecule has 3 aliphatic rings. The molecule has 8 heteroatoms. The molecule has 2 N–H and O–H groups in total. The summed E-state index contributed by atoms with van der Waals surface area (Å²) in [7, 11) is 0. The molecule has 0 radical (unpaired) electrons. The van der Waals surface area contributed by atoms with E-state index in [0.29, 0.717) is 50.0 Å². The number of hydrogen-bond acceptors (Lipinski definition) is 4. The summed E-state index contributed by atoms with van der Waals surface area (Å²) in [4.78, 5) is 53.2. The summed E-state index contributed by atoms with van der Waals surface area (Å²) in [6.07, 6.45) is 6.16. The lowest BCUT2D eigenvalue weighted by molar-refractivity contribution is -0.140. The van der Waals surface area contributed by atoms with E-state index in [1.165, 1.54) is 5.01 Å². The Morgan fingerprint density at radius 3 is 2.34 bits per heavy atom. The molecule has 180 valence electrons. The molecule has 2 aliphatic heterocycles. The van der Waals surface area contributed by atoms with Gasteiger partial charge in [-0.1, -0.05) is 36.4 Å². The first-order valence-corrected chi connectivity index (χ1v) is 12.1. The Morgan fingerprint density at radius 2 is 1.60 bits per heavy atom. The van der Waals surface area contributed by atoms with Crippen LogP contribution in [0.1, 0.15) is 36.0 Å². The summed E-state index contributed by atoms with van der Waals surface area (Å²) in [6.45, 7) is 0.955. The lowest BCUT2D eigenvalue weighted by Crippen LogP contribution is -2.59. The number of hydrogen-bond donors (Lipinski definition) is 2. The van der Waals surface area contributed by atoms with Gasteiger partial charge in [0.05, 0.1) is 17.5 Å². The van der Waals surface area contributed by atoms with Crippen LogP contribution in [0.5, 0.6) is 0 Å². The summed E-state index contributed by atoms with van der Waals surface area (Å²) in [5.41, 5.74) is 4.39. The quantitative estimate of drug-likeness (QED) is 0.668. The van der Waals surface area contributed by atoms with Gasteiger partial charge < -0.3 is 10.2 Å². The van der Waals surface area contributed by atoms with Crippen molar-refractivity contribution < 1.29 is 19.2 Å². The molecule has 0 aromatic heterocycles. The lowest BCUT2D eigenvalue weighted by Gasteiger charge is -2.38.